The minimum absolute atomic E-state index is 0.262. The molecule has 0 saturated heterocycles. The molecule has 2 N–H and O–H groups in total. The molecule has 0 aliphatic rings. The van der Waals surface area contributed by atoms with Gasteiger partial charge in [-0.1, -0.05) is 0 Å². The first kappa shape index (κ1) is 13.2. The lowest BCUT2D eigenvalue weighted by Crippen LogP contribution is -2.34. The summed E-state index contributed by atoms with van der Waals surface area (Å²) in [5.74, 6) is -2.10. The summed E-state index contributed by atoms with van der Waals surface area (Å²) >= 11 is 0. The van der Waals surface area contributed by atoms with Gasteiger partial charge in [0.05, 0.1) is 18.8 Å². The van der Waals surface area contributed by atoms with E-state index in [1.807, 2.05) is 0 Å². The molecule has 1 aromatic rings. The Bertz CT molecular complexity index is 411. The first-order chi connectivity index (χ1) is 7.88. The maximum Gasteiger partial charge on any atom is 0.317 e. The third-order valence-electron chi connectivity index (χ3n) is 2.23. The van der Waals surface area contributed by atoms with Gasteiger partial charge in [0.2, 0.25) is 0 Å². The van der Waals surface area contributed by atoms with Crippen molar-refractivity contribution >= 4 is 11.9 Å². The van der Waals surface area contributed by atoms with Crippen LogP contribution in [-0.4, -0.2) is 49.9 Å². The van der Waals surface area contributed by atoms with Crippen LogP contribution in [0.15, 0.2) is 6.20 Å². The number of carboxylic acid groups (broad SMARTS) is 2. The van der Waals surface area contributed by atoms with Crippen molar-refractivity contribution in [2.24, 2.45) is 7.05 Å². The van der Waals surface area contributed by atoms with Crippen molar-refractivity contribution < 1.29 is 19.8 Å². The summed E-state index contributed by atoms with van der Waals surface area (Å²) in [5, 5.41) is 21.5. The maximum atomic E-state index is 10.6. The molecule has 0 aromatic carbocycles. The topological polar surface area (TPSA) is 95.7 Å². The normalized spacial score (nSPS) is 10.8. The molecule has 0 radical (unpaired) electrons. The van der Waals surface area contributed by atoms with Gasteiger partial charge in [-0.05, 0) is 6.92 Å². The van der Waals surface area contributed by atoms with E-state index in [2.05, 4.69) is 5.10 Å². The molecule has 0 fully saturated rings. The maximum absolute atomic E-state index is 10.6. The van der Waals surface area contributed by atoms with Gasteiger partial charge in [-0.3, -0.25) is 19.2 Å². The number of aromatic nitrogens is 2. The van der Waals surface area contributed by atoms with Gasteiger partial charge in [0.1, 0.15) is 0 Å². The van der Waals surface area contributed by atoms with E-state index < -0.39 is 11.9 Å². The molecule has 0 aliphatic heterocycles. The zero-order valence-corrected chi connectivity index (χ0v) is 9.75. The summed E-state index contributed by atoms with van der Waals surface area (Å²) in [6.07, 6.45) is 1.76. The number of aryl methyl sites for hydroxylation is 2. The number of nitrogens with zero attached hydrogens (tertiary/aromatic N) is 3. The Morgan fingerprint density at radius 3 is 2.24 bits per heavy atom. The molecule has 1 rings (SSSR count). The largest absolute Gasteiger partial charge is 0.480 e. The minimum Gasteiger partial charge on any atom is -0.480 e. The monoisotopic (exact) mass is 241 g/mol. The van der Waals surface area contributed by atoms with Crippen LogP contribution in [0.2, 0.25) is 0 Å². The van der Waals surface area contributed by atoms with Gasteiger partial charge in [0.15, 0.2) is 0 Å². The van der Waals surface area contributed by atoms with Crippen LogP contribution in [0, 0.1) is 6.92 Å². The molecular weight excluding hydrogens is 226 g/mol. The van der Waals surface area contributed by atoms with E-state index in [9.17, 15) is 9.59 Å². The summed E-state index contributed by atoms with van der Waals surface area (Å²) in [6, 6.07) is 0. The fourth-order valence-electron chi connectivity index (χ4n) is 1.60. The Hall–Kier alpha value is -1.89. The van der Waals surface area contributed by atoms with Crippen molar-refractivity contribution in [3.05, 3.63) is 17.5 Å². The second-order valence-electron chi connectivity index (χ2n) is 3.85. The molecule has 17 heavy (non-hydrogen) atoms. The molecule has 0 spiro atoms. The van der Waals surface area contributed by atoms with Gasteiger partial charge in [-0.25, -0.2) is 0 Å². The highest BCUT2D eigenvalue weighted by Gasteiger charge is 2.15. The number of hydrogen-bond donors (Lipinski definition) is 2. The summed E-state index contributed by atoms with van der Waals surface area (Å²) in [7, 11) is 1.76. The highest BCUT2D eigenvalue weighted by atomic mass is 16.4. The number of carboxylic acids is 2. The Kier molecular flexibility index (Phi) is 4.22. The third-order valence-corrected chi connectivity index (χ3v) is 2.23. The van der Waals surface area contributed by atoms with Gasteiger partial charge in [0.25, 0.3) is 0 Å². The van der Waals surface area contributed by atoms with E-state index >= 15 is 0 Å². The van der Waals surface area contributed by atoms with E-state index in [1.54, 1.807) is 24.9 Å². The number of carbonyl (C=O) groups is 2. The average Bonchev–Trinajstić information content (AvgIpc) is 2.42. The van der Waals surface area contributed by atoms with Crippen molar-refractivity contribution in [1.29, 1.82) is 0 Å². The van der Waals surface area contributed by atoms with Crippen molar-refractivity contribution in [2.45, 2.75) is 13.5 Å². The van der Waals surface area contributed by atoms with Crippen molar-refractivity contribution in [3.8, 4) is 0 Å². The Morgan fingerprint density at radius 1 is 1.35 bits per heavy atom. The van der Waals surface area contributed by atoms with Gasteiger partial charge < -0.3 is 10.2 Å². The van der Waals surface area contributed by atoms with Crippen LogP contribution in [-0.2, 0) is 23.2 Å². The second kappa shape index (κ2) is 5.44. The van der Waals surface area contributed by atoms with E-state index in [4.69, 9.17) is 10.2 Å². The van der Waals surface area contributed by atoms with Gasteiger partial charge in [0, 0.05) is 25.4 Å². The van der Waals surface area contributed by atoms with Crippen LogP contribution < -0.4 is 0 Å². The number of rotatable bonds is 6. The Balaban J connectivity index is 2.74. The predicted octanol–water partition coefficient (Wildman–Crippen LogP) is -0.300. The Morgan fingerprint density at radius 2 is 1.88 bits per heavy atom. The SMILES string of the molecule is Cc1nn(C)cc1CN(CC(=O)O)CC(=O)O. The minimum atomic E-state index is -1.05. The summed E-state index contributed by atoms with van der Waals surface area (Å²) in [5.41, 5.74) is 1.60. The van der Waals surface area contributed by atoms with Crippen molar-refractivity contribution in [2.75, 3.05) is 13.1 Å². The van der Waals surface area contributed by atoms with E-state index in [1.165, 1.54) is 4.90 Å². The molecule has 0 atom stereocenters. The van der Waals surface area contributed by atoms with E-state index in [0.29, 0.717) is 0 Å². The smallest absolute Gasteiger partial charge is 0.317 e. The fraction of sp³-hybridized carbons (Fsp3) is 0.500. The summed E-state index contributed by atoms with van der Waals surface area (Å²) in [6.45, 7) is 1.45. The lowest BCUT2D eigenvalue weighted by atomic mass is 10.2. The molecule has 0 aliphatic carbocycles. The highest BCUT2D eigenvalue weighted by molar-refractivity contribution is 5.72. The molecule has 94 valence electrons. The summed E-state index contributed by atoms with van der Waals surface area (Å²) in [4.78, 5) is 22.6. The molecular formula is C10H15N3O4. The van der Waals surface area contributed by atoms with Crippen molar-refractivity contribution in [1.82, 2.24) is 14.7 Å². The lowest BCUT2D eigenvalue weighted by Gasteiger charge is -2.17. The number of aliphatic carboxylic acids is 2. The van der Waals surface area contributed by atoms with Gasteiger partial charge in [-0.2, -0.15) is 5.10 Å². The molecule has 1 heterocycles. The van der Waals surface area contributed by atoms with Crippen LogP contribution in [0.25, 0.3) is 0 Å². The molecule has 0 saturated carbocycles. The summed E-state index contributed by atoms with van der Waals surface area (Å²) < 4.78 is 1.62. The zero-order valence-electron chi connectivity index (χ0n) is 9.75. The molecule has 7 heteroatoms. The highest BCUT2D eigenvalue weighted by Crippen LogP contribution is 2.08. The average molecular weight is 241 g/mol. The first-order valence-electron chi connectivity index (χ1n) is 5.03. The van der Waals surface area contributed by atoms with Gasteiger partial charge in [-0.15, -0.1) is 0 Å². The fourth-order valence-corrected chi connectivity index (χ4v) is 1.60. The third kappa shape index (κ3) is 4.23. The molecule has 0 unspecified atom stereocenters. The molecule has 1 aromatic heterocycles. The molecule has 0 bridgehead atoms. The van der Waals surface area contributed by atoms with Gasteiger partial charge >= 0.3 is 11.9 Å². The standard InChI is InChI=1S/C10H15N3O4/c1-7-8(3-12(2)11-7)4-13(5-9(14)15)6-10(16)17/h3H,4-6H2,1-2H3,(H,14,15)(H,16,17). The van der Waals surface area contributed by atoms with E-state index in [-0.39, 0.29) is 19.6 Å². The van der Waals surface area contributed by atoms with E-state index in [0.717, 1.165) is 11.3 Å². The zero-order chi connectivity index (χ0) is 13.0. The van der Waals surface area contributed by atoms with Crippen LogP contribution in [0.5, 0.6) is 0 Å². The Labute approximate surface area is 98.3 Å². The van der Waals surface area contributed by atoms with Crippen LogP contribution in [0.1, 0.15) is 11.3 Å². The predicted molar refractivity (Wildman–Crippen MR) is 58.5 cm³/mol. The van der Waals surface area contributed by atoms with Crippen LogP contribution >= 0.6 is 0 Å². The lowest BCUT2D eigenvalue weighted by molar-refractivity contribution is -0.142. The van der Waals surface area contributed by atoms with Crippen LogP contribution in [0.4, 0.5) is 0 Å². The second-order valence-corrected chi connectivity index (χ2v) is 3.85. The van der Waals surface area contributed by atoms with Crippen molar-refractivity contribution in [3.63, 3.8) is 0 Å². The number of hydrogen-bond acceptors (Lipinski definition) is 4. The first-order valence-corrected chi connectivity index (χ1v) is 5.03. The molecule has 7 nitrogen and oxygen atoms in total. The quantitative estimate of drug-likeness (QED) is 0.710. The van der Waals surface area contributed by atoms with Crippen LogP contribution in [0.3, 0.4) is 0 Å². The molecule has 0 amide bonds.